The molecule has 3 rings (SSSR count). The van der Waals surface area contributed by atoms with Crippen LogP contribution in [0.1, 0.15) is 33.3 Å². The van der Waals surface area contributed by atoms with Crippen molar-refractivity contribution < 1.29 is 17.7 Å². The normalized spacial score (nSPS) is 26.2. The largest absolute Gasteiger partial charge is 0.495 e. The molecule has 0 amide bonds. The topological polar surface area (TPSA) is 55.8 Å². The second-order valence-corrected chi connectivity index (χ2v) is 11.5. The Bertz CT molecular complexity index is 750. The van der Waals surface area contributed by atoms with Gasteiger partial charge >= 0.3 is 7.12 Å². The second kappa shape index (κ2) is 7.13. The highest BCUT2D eigenvalue weighted by molar-refractivity contribution is 8.00. The Morgan fingerprint density at radius 3 is 2.42 bits per heavy atom. The SMILES string of the molecule is CC1(C)OB(c2ccccc2CN2CCSCC2S(C)(=O)=O)OC1(C)C. The fourth-order valence-electron chi connectivity index (χ4n) is 3.29. The first-order chi connectivity index (χ1) is 12.0. The highest BCUT2D eigenvalue weighted by atomic mass is 32.2. The van der Waals surface area contributed by atoms with Crippen LogP contribution in [0.25, 0.3) is 0 Å². The van der Waals surface area contributed by atoms with Crippen molar-refractivity contribution in [1.82, 2.24) is 4.90 Å². The van der Waals surface area contributed by atoms with Crippen LogP contribution in [0.4, 0.5) is 0 Å². The van der Waals surface area contributed by atoms with Gasteiger partial charge in [0.15, 0.2) is 9.84 Å². The summed E-state index contributed by atoms with van der Waals surface area (Å²) in [4.78, 5) is 2.07. The molecule has 2 aliphatic rings. The first-order valence-electron chi connectivity index (χ1n) is 8.95. The van der Waals surface area contributed by atoms with Crippen LogP contribution in [-0.4, -0.2) is 61.3 Å². The molecule has 0 bridgehead atoms. The monoisotopic (exact) mass is 397 g/mol. The summed E-state index contributed by atoms with van der Waals surface area (Å²) < 4.78 is 36.8. The van der Waals surface area contributed by atoms with Crippen molar-refractivity contribution in [3.05, 3.63) is 29.8 Å². The van der Waals surface area contributed by atoms with E-state index >= 15 is 0 Å². The molecule has 1 unspecified atom stereocenters. The summed E-state index contributed by atoms with van der Waals surface area (Å²) in [6.45, 7) is 9.50. The van der Waals surface area contributed by atoms with Crippen molar-refractivity contribution in [2.45, 2.75) is 50.8 Å². The average Bonchev–Trinajstić information content (AvgIpc) is 2.75. The van der Waals surface area contributed by atoms with Gasteiger partial charge in [0.25, 0.3) is 0 Å². The molecule has 0 N–H and O–H groups in total. The minimum atomic E-state index is -3.12. The fourth-order valence-corrected chi connectivity index (χ4v) is 6.23. The van der Waals surface area contributed by atoms with Gasteiger partial charge in [-0.15, -0.1) is 0 Å². The molecule has 26 heavy (non-hydrogen) atoms. The Hall–Kier alpha value is -0.535. The number of sulfone groups is 1. The van der Waals surface area contributed by atoms with Gasteiger partial charge in [-0.25, -0.2) is 8.42 Å². The van der Waals surface area contributed by atoms with Gasteiger partial charge < -0.3 is 9.31 Å². The second-order valence-electron chi connectivity index (χ2n) is 8.12. The van der Waals surface area contributed by atoms with Crippen molar-refractivity contribution in [2.75, 3.05) is 24.3 Å². The van der Waals surface area contributed by atoms with E-state index in [0.717, 1.165) is 23.3 Å². The summed E-state index contributed by atoms with van der Waals surface area (Å²) in [6.07, 6.45) is 1.33. The van der Waals surface area contributed by atoms with Crippen LogP contribution in [0.2, 0.25) is 0 Å². The standard InChI is InChI=1S/C18H28BNO4S2/c1-17(2)18(3,4)24-19(23-17)15-9-7-6-8-14(15)12-20-10-11-25-13-16(20)26(5,21)22/h6-9,16H,10-13H2,1-5H3. The summed E-state index contributed by atoms with van der Waals surface area (Å²) in [5.41, 5.74) is 1.24. The molecule has 8 heteroatoms. The molecule has 1 aromatic rings. The molecule has 0 saturated carbocycles. The minimum Gasteiger partial charge on any atom is -0.399 e. The number of benzene rings is 1. The molecular formula is C18H28BNO4S2. The molecule has 5 nitrogen and oxygen atoms in total. The zero-order chi connectivity index (χ0) is 19.2. The van der Waals surface area contributed by atoms with Crippen LogP contribution in [0.15, 0.2) is 24.3 Å². The van der Waals surface area contributed by atoms with Crippen molar-refractivity contribution in [3.63, 3.8) is 0 Å². The lowest BCUT2D eigenvalue weighted by Gasteiger charge is -2.34. The summed E-state index contributed by atoms with van der Waals surface area (Å²) in [6, 6.07) is 8.02. The number of hydrogen-bond acceptors (Lipinski definition) is 6. The van der Waals surface area contributed by atoms with Gasteiger partial charge in [0, 0.05) is 30.9 Å². The van der Waals surface area contributed by atoms with Gasteiger partial charge in [-0.1, -0.05) is 24.3 Å². The van der Waals surface area contributed by atoms with Crippen LogP contribution < -0.4 is 5.46 Å². The fraction of sp³-hybridized carbons (Fsp3) is 0.667. The van der Waals surface area contributed by atoms with Crippen LogP contribution >= 0.6 is 11.8 Å². The van der Waals surface area contributed by atoms with Gasteiger partial charge in [-0.2, -0.15) is 11.8 Å². The molecular weight excluding hydrogens is 369 g/mol. The molecule has 0 aliphatic carbocycles. The minimum absolute atomic E-state index is 0.401. The Morgan fingerprint density at radius 1 is 1.19 bits per heavy atom. The lowest BCUT2D eigenvalue weighted by Crippen LogP contribution is -2.47. The molecule has 2 heterocycles. The summed E-state index contributed by atoms with van der Waals surface area (Å²) >= 11 is 1.70. The number of nitrogens with zero attached hydrogens (tertiary/aromatic N) is 1. The van der Waals surface area contributed by atoms with E-state index in [1.807, 2.05) is 52.0 Å². The van der Waals surface area contributed by atoms with E-state index in [1.165, 1.54) is 6.26 Å². The van der Waals surface area contributed by atoms with E-state index in [1.54, 1.807) is 11.8 Å². The maximum atomic E-state index is 12.2. The Balaban J connectivity index is 1.86. The number of thioether (sulfide) groups is 1. The maximum absolute atomic E-state index is 12.2. The van der Waals surface area contributed by atoms with Gasteiger partial charge in [0.1, 0.15) is 5.37 Å². The highest BCUT2D eigenvalue weighted by Gasteiger charge is 2.52. The first-order valence-corrected chi connectivity index (χ1v) is 12.1. The summed E-state index contributed by atoms with van der Waals surface area (Å²) in [7, 11) is -3.56. The molecule has 1 atom stereocenters. The van der Waals surface area contributed by atoms with E-state index < -0.39 is 33.5 Å². The van der Waals surface area contributed by atoms with Crippen LogP contribution in [0.3, 0.4) is 0 Å². The van der Waals surface area contributed by atoms with Gasteiger partial charge in [-0.05, 0) is 38.7 Å². The molecule has 0 spiro atoms. The first kappa shape index (κ1) is 20.2. The predicted molar refractivity (Wildman–Crippen MR) is 109 cm³/mol. The van der Waals surface area contributed by atoms with Crippen molar-refractivity contribution >= 4 is 34.2 Å². The third-order valence-electron chi connectivity index (χ3n) is 5.62. The lowest BCUT2D eigenvalue weighted by molar-refractivity contribution is 0.00578. The van der Waals surface area contributed by atoms with E-state index in [-0.39, 0.29) is 0 Å². The van der Waals surface area contributed by atoms with Crippen LogP contribution in [0, 0.1) is 0 Å². The Morgan fingerprint density at radius 2 is 1.81 bits per heavy atom. The Kier molecular flexibility index (Phi) is 5.54. The Labute approximate surface area is 161 Å². The molecule has 2 saturated heterocycles. The summed E-state index contributed by atoms with van der Waals surface area (Å²) in [5, 5.41) is -0.437. The lowest BCUT2D eigenvalue weighted by atomic mass is 9.76. The van der Waals surface area contributed by atoms with E-state index in [0.29, 0.717) is 12.3 Å². The third kappa shape index (κ3) is 3.99. The zero-order valence-corrected chi connectivity index (χ0v) is 17.8. The van der Waals surface area contributed by atoms with Crippen LogP contribution in [-0.2, 0) is 25.7 Å². The molecule has 2 fully saturated rings. The smallest absolute Gasteiger partial charge is 0.399 e. The predicted octanol–water partition coefficient (Wildman–Crippen LogP) is 1.91. The maximum Gasteiger partial charge on any atom is 0.495 e. The summed E-state index contributed by atoms with van der Waals surface area (Å²) in [5.74, 6) is 1.57. The van der Waals surface area contributed by atoms with E-state index in [9.17, 15) is 8.42 Å². The number of hydrogen-bond donors (Lipinski definition) is 0. The number of rotatable bonds is 4. The van der Waals surface area contributed by atoms with Crippen LogP contribution in [0.5, 0.6) is 0 Å². The highest BCUT2D eigenvalue weighted by Crippen LogP contribution is 2.36. The molecule has 144 valence electrons. The molecule has 2 aliphatic heterocycles. The van der Waals surface area contributed by atoms with Gasteiger partial charge in [0.05, 0.1) is 11.2 Å². The van der Waals surface area contributed by atoms with E-state index in [2.05, 4.69) is 4.90 Å². The van der Waals surface area contributed by atoms with E-state index in [4.69, 9.17) is 9.31 Å². The van der Waals surface area contributed by atoms with Crippen molar-refractivity contribution in [2.24, 2.45) is 0 Å². The average molecular weight is 397 g/mol. The molecule has 0 radical (unpaired) electrons. The van der Waals surface area contributed by atoms with Crippen molar-refractivity contribution in [1.29, 1.82) is 0 Å². The zero-order valence-electron chi connectivity index (χ0n) is 16.2. The third-order valence-corrected chi connectivity index (χ3v) is 8.31. The molecule has 1 aromatic carbocycles. The van der Waals surface area contributed by atoms with Gasteiger partial charge in [-0.3, -0.25) is 4.90 Å². The molecule has 0 aromatic heterocycles. The van der Waals surface area contributed by atoms with Crippen molar-refractivity contribution in [3.8, 4) is 0 Å². The van der Waals surface area contributed by atoms with Gasteiger partial charge in [0.2, 0.25) is 0 Å². The quantitative estimate of drug-likeness (QED) is 0.724.